The van der Waals surface area contributed by atoms with E-state index in [4.69, 9.17) is 4.74 Å². The van der Waals surface area contributed by atoms with E-state index in [1.807, 2.05) is 11.6 Å². The topological polar surface area (TPSA) is 50.6 Å². The van der Waals surface area contributed by atoms with Gasteiger partial charge >= 0.3 is 0 Å². The lowest BCUT2D eigenvalue weighted by molar-refractivity contribution is -0.140. The van der Waals surface area contributed by atoms with Gasteiger partial charge in [-0.15, -0.1) is 0 Å². The fourth-order valence-electron chi connectivity index (χ4n) is 4.68. The summed E-state index contributed by atoms with van der Waals surface area (Å²) in [6, 6.07) is 11.0. The normalized spacial score (nSPS) is 22.7. The molecule has 3 fully saturated rings. The highest BCUT2D eigenvalue weighted by Gasteiger charge is 2.40. The van der Waals surface area contributed by atoms with Crippen molar-refractivity contribution in [2.45, 2.75) is 39.3 Å². The second-order valence-corrected chi connectivity index (χ2v) is 8.16. The molecule has 4 heterocycles. The number of carbonyl (C=O) groups is 1. The Morgan fingerprint density at radius 2 is 2.04 bits per heavy atom. The number of hydrogen-bond acceptors (Lipinski definition) is 4. The van der Waals surface area contributed by atoms with Crippen molar-refractivity contribution in [3.8, 4) is 5.69 Å². The van der Waals surface area contributed by atoms with Crippen molar-refractivity contribution in [3.05, 3.63) is 47.3 Å². The fraction of sp³-hybridized carbons (Fsp3) is 0.545. The van der Waals surface area contributed by atoms with Crippen LogP contribution in [0.3, 0.4) is 0 Å². The largest absolute Gasteiger partial charge is 0.383 e. The van der Waals surface area contributed by atoms with Gasteiger partial charge in [0.2, 0.25) is 5.91 Å². The minimum absolute atomic E-state index is 0.120. The van der Waals surface area contributed by atoms with E-state index in [9.17, 15) is 4.79 Å². The highest BCUT2D eigenvalue weighted by atomic mass is 16.5. The highest BCUT2D eigenvalue weighted by molar-refractivity contribution is 5.80. The van der Waals surface area contributed by atoms with Gasteiger partial charge in [0.25, 0.3) is 0 Å². The zero-order valence-corrected chi connectivity index (χ0v) is 17.1. The number of nitrogens with zero attached hydrogens (tertiary/aromatic N) is 4. The molecule has 1 amide bonds. The molecular formula is C22H30N4O2. The molecule has 1 aromatic heterocycles. The smallest absolute Gasteiger partial charge is 0.227 e. The van der Waals surface area contributed by atoms with E-state index < -0.39 is 0 Å². The number of carbonyl (C=O) groups excluding carboxylic acids is 1. The molecular weight excluding hydrogens is 352 g/mol. The van der Waals surface area contributed by atoms with Crippen LogP contribution in [-0.2, 0) is 16.1 Å². The van der Waals surface area contributed by atoms with Crippen LogP contribution in [0.4, 0.5) is 0 Å². The van der Waals surface area contributed by atoms with Gasteiger partial charge in [-0.1, -0.05) is 12.1 Å². The fourth-order valence-corrected chi connectivity index (χ4v) is 4.68. The minimum atomic E-state index is 0.120. The lowest BCUT2D eigenvalue weighted by Gasteiger charge is -2.35. The molecule has 0 radical (unpaired) electrons. The van der Waals surface area contributed by atoms with Crippen LogP contribution >= 0.6 is 0 Å². The van der Waals surface area contributed by atoms with E-state index in [1.165, 1.54) is 5.56 Å². The zero-order chi connectivity index (χ0) is 19.7. The summed E-state index contributed by atoms with van der Waals surface area (Å²) in [5.41, 5.74) is 4.53. The van der Waals surface area contributed by atoms with Crippen LogP contribution in [0.2, 0.25) is 0 Å². The lowest BCUT2D eigenvalue weighted by atomic mass is 9.94. The van der Waals surface area contributed by atoms with E-state index in [1.54, 1.807) is 7.11 Å². The van der Waals surface area contributed by atoms with Gasteiger partial charge in [-0.25, -0.2) is 4.68 Å². The SMILES string of the molecule is COCCN1C(=O)[C@H]2CC[C@@H]1CN(Cc1cccc(-n3nc(C)cc3C)c1)C2. The highest BCUT2D eigenvalue weighted by Crippen LogP contribution is 2.30. The first-order chi connectivity index (χ1) is 13.5. The molecule has 1 aromatic carbocycles. The zero-order valence-electron chi connectivity index (χ0n) is 17.1. The quantitative estimate of drug-likeness (QED) is 0.771. The van der Waals surface area contributed by atoms with Gasteiger partial charge in [-0.3, -0.25) is 9.69 Å². The van der Waals surface area contributed by atoms with Crippen molar-refractivity contribution < 1.29 is 9.53 Å². The molecule has 3 aliphatic rings. The van der Waals surface area contributed by atoms with Crippen LogP contribution in [0.25, 0.3) is 5.69 Å². The predicted octanol–water partition coefficient (Wildman–Crippen LogP) is 2.56. The Hall–Kier alpha value is -2.18. The maximum Gasteiger partial charge on any atom is 0.227 e. The monoisotopic (exact) mass is 382 g/mol. The van der Waals surface area contributed by atoms with Gasteiger partial charge in [0, 0.05) is 45.0 Å². The summed E-state index contributed by atoms with van der Waals surface area (Å²) in [5.74, 6) is 0.432. The molecule has 2 aromatic rings. The summed E-state index contributed by atoms with van der Waals surface area (Å²) < 4.78 is 7.22. The Labute approximate surface area is 167 Å². The average Bonchev–Trinajstić information content (AvgIpc) is 2.83. The third-order valence-electron chi connectivity index (χ3n) is 5.98. The van der Waals surface area contributed by atoms with E-state index in [2.05, 4.69) is 52.2 Å². The predicted molar refractivity (Wildman–Crippen MR) is 108 cm³/mol. The lowest BCUT2D eigenvalue weighted by Crippen LogP contribution is -2.49. The van der Waals surface area contributed by atoms with Crippen LogP contribution in [0.15, 0.2) is 30.3 Å². The summed E-state index contributed by atoms with van der Waals surface area (Å²) >= 11 is 0. The number of aromatic nitrogens is 2. The van der Waals surface area contributed by atoms with Crippen molar-refractivity contribution in [2.24, 2.45) is 5.92 Å². The van der Waals surface area contributed by atoms with E-state index in [-0.39, 0.29) is 5.92 Å². The molecule has 5 rings (SSSR count). The second kappa shape index (κ2) is 8.05. The van der Waals surface area contributed by atoms with E-state index in [0.29, 0.717) is 25.1 Å². The number of ether oxygens (including phenoxy) is 1. The Balaban J connectivity index is 1.50. The molecule has 2 atom stereocenters. The maximum atomic E-state index is 12.8. The first-order valence-corrected chi connectivity index (χ1v) is 10.2. The molecule has 6 heteroatoms. The van der Waals surface area contributed by atoms with Crippen LogP contribution < -0.4 is 0 Å². The Morgan fingerprint density at radius 1 is 1.18 bits per heavy atom. The van der Waals surface area contributed by atoms with Gasteiger partial charge in [0.1, 0.15) is 0 Å². The maximum absolute atomic E-state index is 12.8. The van der Waals surface area contributed by atoms with Gasteiger partial charge in [-0.2, -0.15) is 5.10 Å². The van der Waals surface area contributed by atoms with Crippen molar-refractivity contribution in [3.63, 3.8) is 0 Å². The minimum Gasteiger partial charge on any atom is -0.383 e. The second-order valence-electron chi connectivity index (χ2n) is 8.16. The van der Waals surface area contributed by atoms with Crippen molar-refractivity contribution >= 4 is 5.91 Å². The average molecular weight is 383 g/mol. The van der Waals surface area contributed by atoms with E-state index in [0.717, 1.165) is 49.6 Å². The molecule has 0 saturated carbocycles. The van der Waals surface area contributed by atoms with Crippen LogP contribution in [0.1, 0.15) is 29.8 Å². The first-order valence-electron chi connectivity index (χ1n) is 10.2. The molecule has 3 aliphatic heterocycles. The van der Waals surface area contributed by atoms with Crippen LogP contribution in [0.5, 0.6) is 0 Å². The van der Waals surface area contributed by atoms with Gasteiger partial charge < -0.3 is 9.64 Å². The molecule has 2 bridgehead atoms. The Kier molecular flexibility index (Phi) is 5.51. The van der Waals surface area contributed by atoms with Gasteiger partial charge in [-0.05, 0) is 50.5 Å². The number of benzene rings is 1. The summed E-state index contributed by atoms with van der Waals surface area (Å²) in [6.07, 6.45) is 2.11. The van der Waals surface area contributed by atoms with Gasteiger partial charge in [0.05, 0.1) is 23.9 Å². The molecule has 0 spiro atoms. The molecule has 6 nitrogen and oxygen atoms in total. The number of piperidine rings is 1. The summed E-state index contributed by atoms with van der Waals surface area (Å²) in [4.78, 5) is 17.3. The molecule has 0 aliphatic carbocycles. The number of rotatable bonds is 6. The summed E-state index contributed by atoms with van der Waals surface area (Å²) in [5, 5.41) is 4.61. The summed E-state index contributed by atoms with van der Waals surface area (Å²) in [7, 11) is 1.70. The number of amides is 1. The third kappa shape index (κ3) is 3.84. The first kappa shape index (κ1) is 19.2. The number of hydrogen-bond donors (Lipinski definition) is 0. The van der Waals surface area contributed by atoms with Crippen molar-refractivity contribution in [1.82, 2.24) is 19.6 Å². The van der Waals surface area contributed by atoms with Crippen molar-refractivity contribution in [2.75, 3.05) is 33.4 Å². The van der Waals surface area contributed by atoms with Gasteiger partial charge in [0.15, 0.2) is 0 Å². The van der Waals surface area contributed by atoms with E-state index >= 15 is 0 Å². The third-order valence-corrected chi connectivity index (χ3v) is 5.98. The molecule has 0 unspecified atom stereocenters. The molecule has 150 valence electrons. The standard InChI is InChI=1S/C22H30N4O2/c1-16-11-17(2)26(23-16)20-6-4-5-18(12-20)13-24-14-19-7-8-21(15-24)25(22(19)27)9-10-28-3/h4-6,11-12,19,21H,7-10,13-15H2,1-3H3/t19-,21+/m0/s1. The molecule has 3 saturated heterocycles. The van der Waals surface area contributed by atoms with Crippen molar-refractivity contribution in [1.29, 1.82) is 0 Å². The van der Waals surface area contributed by atoms with Crippen LogP contribution in [-0.4, -0.2) is 64.9 Å². The number of aryl methyl sites for hydroxylation is 2. The number of methoxy groups -OCH3 is 1. The summed E-state index contributed by atoms with van der Waals surface area (Å²) in [6.45, 7) is 8.08. The molecule has 28 heavy (non-hydrogen) atoms. The number of fused-ring (bicyclic) bond motifs is 4. The Morgan fingerprint density at radius 3 is 2.79 bits per heavy atom. The molecule has 0 N–H and O–H groups in total. The van der Waals surface area contributed by atoms with Crippen LogP contribution in [0, 0.1) is 19.8 Å². The Bertz CT molecular complexity index is 847.